The number of hydrogen-bond acceptors (Lipinski definition) is 2. The lowest BCUT2D eigenvalue weighted by molar-refractivity contribution is -0.121. The van der Waals surface area contributed by atoms with Gasteiger partial charge in [-0.1, -0.05) is 6.58 Å². The molecule has 0 spiro atoms. The minimum Gasteiger partial charge on any atom is -0.296 e. The van der Waals surface area contributed by atoms with E-state index in [0.717, 1.165) is 7.05 Å². The van der Waals surface area contributed by atoms with Crippen molar-refractivity contribution in [1.29, 1.82) is 0 Å². The summed E-state index contributed by atoms with van der Waals surface area (Å²) in [6, 6.07) is -1.51. The minimum atomic E-state index is -4.70. The van der Waals surface area contributed by atoms with Crippen LogP contribution in [0.4, 0.5) is 22.0 Å². The summed E-state index contributed by atoms with van der Waals surface area (Å²) in [5, 5.41) is 0.333. The fourth-order valence-electron chi connectivity index (χ4n) is 0.854. The third-order valence-electron chi connectivity index (χ3n) is 1.58. The maximum Gasteiger partial charge on any atom is 0.431 e. The molecule has 0 fully saturated rings. The zero-order valence-electron chi connectivity index (χ0n) is 7.54. The molecule has 0 aliphatic heterocycles. The van der Waals surface area contributed by atoms with Gasteiger partial charge in [-0.25, -0.2) is 14.2 Å². The van der Waals surface area contributed by atoms with Crippen LogP contribution in [0.25, 0.3) is 0 Å². The number of hydrogen-bond donors (Lipinski definition) is 1. The second kappa shape index (κ2) is 5.14. The molecule has 0 unspecified atom stereocenters. The van der Waals surface area contributed by atoms with Gasteiger partial charge in [0.2, 0.25) is 0 Å². The molecule has 0 aromatic rings. The highest BCUT2D eigenvalue weighted by Crippen LogP contribution is 2.27. The number of nitrogens with one attached hydrogen (secondary N) is 1. The molecule has 0 saturated carbocycles. The molecule has 84 valence electrons. The van der Waals surface area contributed by atoms with Crippen LogP contribution >= 0.6 is 0 Å². The maximum absolute atomic E-state index is 12.1. The highest BCUT2D eigenvalue weighted by atomic mass is 19.4. The normalized spacial score (nSPS) is 11.9. The summed E-state index contributed by atoms with van der Waals surface area (Å²) in [7, 11) is 1.13. The Labute approximate surface area is 78.3 Å². The largest absolute Gasteiger partial charge is 0.431 e. The Hall–Kier alpha value is -0.850. The van der Waals surface area contributed by atoms with E-state index >= 15 is 0 Å². The van der Waals surface area contributed by atoms with Gasteiger partial charge in [-0.2, -0.15) is 13.2 Å². The first kappa shape index (κ1) is 13.2. The van der Waals surface area contributed by atoms with E-state index in [1.165, 1.54) is 0 Å². The van der Waals surface area contributed by atoms with Crippen molar-refractivity contribution in [3.63, 3.8) is 0 Å². The molecule has 0 bridgehead atoms. The average Bonchev–Trinajstić information content (AvgIpc) is 2.11. The van der Waals surface area contributed by atoms with Crippen LogP contribution < -0.4 is 5.43 Å². The van der Waals surface area contributed by atoms with Crippen molar-refractivity contribution in [2.24, 2.45) is 0 Å². The van der Waals surface area contributed by atoms with Crippen molar-refractivity contribution in [2.75, 3.05) is 20.4 Å². The number of hydrazine groups is 1. The molecule has 0 atom stereocenters. The Morgan fingerprint density at radius 2 is 1.79 bits per heavy atom. The lowest BCUT2D eigenvalue weighted by Crippen LogP contribution is -2.48. The van der Waals surface area contributed by atoms with Crippen molar-refractivity contribution >= 4 is 0 Å². The van der Waals surface area contributed by atoms with Crippen LogP contribution in [0, 0.1) is 0 Å². The monoisotopic (exact) mass is 218 g/mol. The summed E-state index contributed by atoms with van der Waals surface area (Å²) in [4.78, 5) is 0. The number of nitrogens with zero attached hydrogens (tertiary/aromatic N) is 1. The fraction of sp³-hybridized carbons (Fsp3) is 0.714. The molecule has 0 heterocycles. The van der Waals surface area contributed by atoms with Gasteiger partial charge < -0.3 is 0 Å². The molecule has 2 nitrogen and oxygen atoms in total. The third kappa shape index (κ3) is 3.13. The van der Waals surface area contributed by atoms with Crippen LogP contribution in [0.3, 0.4) is 0 Å². The Morgan fingerprint density at radius 3 is 2.00 bits per heavy atom. The zero-order chi connectivity index (χ0) is 11.4. The summed E-state index contributed by atoms with van der Waals surface area (Å²) < 4.78 is 60.5. The SMILES string of the molecule is C=C(N(NC)C(CF)CF)C(F)(F)F. The molecule has 7 heteroatoms. The summed E-state index contributed by atoms with van der Waals surface area (Å²) >= 11 is 0. The van der Waals surface area contributed by atoms with Gasteiger partial charge in [0.1, 0.15) is 25.1 Å². The van der Waals surface area contributed by atoms with Gasteiger partial charge in [-0.15, -0.1) is 0 Å². The average molecular weight is 218 g/mol. The summed E-state index contributed by atoms with van der Waals surface area (Å²) in [6.07, 6.45) is -4.70. The zero-order valence-corrected chi connectivity index (χ0v) is 7.54. The Morgan fingerprint density at radius 1 is 1.36 bits per heavy atom. The van der Waals surface area contributed by atoms with Gasteiger partial charge in [0, 0.05) is 7.05 Å². The predicted octanol–water partition coefficient (Wildman–Crippen LogP) is 1.81. The Balaban J connectivity index is 4.63. The van der Waals surface area contributed by atoms with E-state index in [1.807, 2.05) is 5.43 Å². The molecule has 0 aromatic heterocycles. The fourth-order valence-corrected chi connectivity index (χ4v) is 0.854. The third-order valence-corrected chi connectivity index (χ3v) is 1.58. The lowest BCUT2D eigenvalue weighted by atomic mass is 10.3. The molecule has 0 aliphatic rings. The van der Waals surface area contributed by atoms with Gasteiger partial charge in [0.15, 0.2) is 0 Å². The lowest BCUT2D eigenvalue weighted by Gasteiger charge is -2.31. The van der Waals surface area contributed by atoms with Gasteiger partial charge in [0.25, 0.3) is 0 Å². The summed E-state index contributed by atoms with van der Waals surface area (Å²) in [5.74, 6) is 0. The topological polar surface area (TPSA) is 15.3 Å². The summed E-state index contributed by atoms with van der Waals surface area (Å²) in [6.45, 7) is 0.260. The standard InChI is InChI=1S/C7H11F5N2/c1-5(7(10,11)12)14(13-2)6(3-8)4-9/h6,13H,1,3-4H2,2H3. The number of rotatable bonds is 5. The quantitative estimate of drug-likeness (QED) is 0.559. The first-order chi connectivity index (χ1) is 6.38. The van der Waals surface area contributed by atoms with Gasteiger partial charge in [-0.3, -0.25) is 5.01 Å². The van der Waals surface area contributed by atoms with E-state index in [9.17, 15) is 22.0 Å². The first-order valence-electron chi connectivity index (χ1n) is 3.73. The highest BCUT2D eigenvalue weighted by molar-refractivity contribution is 5.02. The van der Waals surface area contributed by atoms with E-state index in [4.69, 9.17) is 0 Å². The van der Waals surface area contributed by atoms with Gasteiger partial charge in [-0.05, 0) is 0 Å². The van der Waals surface area contributed by atoms with Crippen molar-refractivity contribution in [2.45, 2.75) is 12.2 Å². The number of allylic oxidation sites excluding steroid dienone is 1. The highest BCUT2D eigenvalue weighted by Gasteiger charge is 2.38. The first-order valence-corrected chi connectivity index (χ1v) is 3.73. The molecule has 1 N–H and O–H groups in total. The second-order valence-corrected chi connectivity index (χ2v) is 2.50. The molecule has 0 saturated heterocycles. The van der Waals surface area contributed by atoms with Crippen LogP contribution in [0.2, 0.25) is 0 Å². The van der Waals surface area contributed by atoms with Crippen LogP contribution in [-0.4, -0.2) is 37.6 Å². The van der Waals surface area contributed by atoms with Crippen molar-refractivity contribution < 1.29 is 22.0 Å². The van der Waals surface area contributed by atoms with E-state index in [0.29, 0.717) is 5.01 Å². The smallest absolute Gasteiger partial charge is 0.296 e. The van der Waals surface area contributed by atoms with Crippen molar-refractivity contribution in [3.8, 4) is 0 Å². The molecule has 0 radical (unpaired) electrons. The van der Waals surface area contributed by atoms with Crippen LogP contribution in [0.5, 0.6) is 0 Å². The molecule has 14 heavy (non-hydrogen) atoms. The van der Waals surface area contributed by atoms with E-state index in [2.05, 4.69) is 6.58 Å². The second-order valence-electron chi connectivity index (χ2n) is 2.50. The Kier molecular flexibility index (Phi) is 4.82. The van der Waals surface area contributed by atoms with E-state index in [-0.39, 0.29) is 0 Å². The van der Waals surface area contributed by atoms with Crippen LogP contribution in [0.15, 0.2) is 12.3 Å². The number of halogens is 5. The minimum absolute atomic E-state index is 0.333. The molecule has 0 aliphatic carbocycles. The van der Waals surface area contributed by atoms with Crippen molar-refractivity contribution in [3.05, 3.63) is 12.3 Å². The molecule has 0 amide bonds. The molecule has 0 aromatic carbocycles. The molecule has 0 rings (SSSR count). The van der Waals surface area contributed by atoms with Crippen LogP contribution in [-0.2, 0) is 0 Å². The Bertz CT molecular complexity index is 187. The van der Waals surface area contributed by atoms with Gasteiger partial charge in [0.05, 0.1) is 0 Å². The predicted molar refractivity (Wildman–Crippen MR) is 41.8 cm³/mol. The summed E-state index contributed by atoms with van der Waals surface area (Å²) in [5.41, 5.74) is 0.725. The molecular weight excluding hydrogens is 207 g/mol. The molecular formula is C7H11F5N2. The maximum atomic E-state index is 12.1. The van der Waals surface area contributed by atoms with E-state index in [1.54, 1.807) is 0 Å². The van der Waals surface area contributed by atoms with Crippen molar-refractivity contribution in [1.82, 2.24) is 10.4 Å². The van der Waals surface area contributed by atoms with Crippen LogP contribution in [0.1, 0.15) is 0 Å². The van der Waals surface area contributed by atoms with E-state index < -0.39 is 31.3 Å². The number of alkyl halides is 5. The van der Waals surface area contributed by atoms with Gasteiger partial charge >= 0.3 is 6.18 Å².